The molecule has 2 aromatic rings. The van der Waals surface area contributed by atoms with Crippen molar-refractivity contribution in [1.29, 1.82) is 0 Å². The fraction of sp³-hybridized carbons (Fsp3) is 0.286. The molecule has 2 atom stereocenters. The summed E-state index contributed by atoms with van der Waals surface area (Å²) in [5.41, 5.74) is 1.30. The van der Waals surface area contributed by atoms with Gasteiger partial charge in [0.2, 0.25) is 5.91 Å². The molecule has 2 N–H and O–H groups in total. The summed E-state index contributed by atoms with van der Waals surface area (Å²) in [4.78, 5) is 38.9. The molecule has 2 amide bonds. The highest BCUT2D eigenvalue weighted by atomic mass is 19.1. The van der Waals surface area contributed by atoms with Crippen molar-refractivity contribution >= 4 is 34.8 Å². The van der Waals surface area contributed by atoms with Crippen LogP contribution in [0.4, 0.5) is 25.8 Å². The summed E-state index contributed by atoms with van der Waals surface area (Å²) < 4.78 is 31.8. The zero-order valence-corrected chi connectivity index (χ0v) is 16.1. The van der Waals surface area contributed by atoms with Gasteiger partial charge >= 0.3 is 5.97 Å². The predicted molar refractivity (Wildman–Crippen MR) is 105 cm³/mol. The molecule has 156 valence electrons. The Hall–Kier alpha value is -3.49. The number of carbonyl (C=O) groups excluding carboxylic acids is 3. The van der Waals surface area contributed by atoms with Gasteiger partial charge in [-0.3, -0.25) is 9.59 Å². The first kappa shape index (κ1) is 19.8. The molecule has 7 nitrogen and oxygen atoms in total. The molecular formula is C21H19F2N3O4. The van der Waals surface area contributed by atoms with Gasteiger partial charge in [0.1, 0.15) is 17.7 Å². The molecule has 1 saturated heterocycles. The van der Waals surface area contributed by atoms with E-state index in [2.05, 4.69) is 10.6 Å². The molecule has 0 aromatic heterocycles. The van der Waals surface area contributed by atoms with Crippen LogP contribution in [0.25, 0.3) is 0 Å². The van der Waals surface area contributed by atoms with Gasteiger partial charge in [0.05, 0.1) is 22.6 Å². The van der Waals surface area contributed by atoms with E-state index < -0.39 is 29.6 Å². The van der Waals surface area contributed by atoms with Crippen molar-refractivity contribution < 1.29 is 27.9 Å². The van der Waals surface area contributed by atoms with Crippen LogP contribution in [0.15, 0.2) is 36.4 Å². The largest absolute Gasteiger partial charge is 0.449 e. The van der Waals surface area contributed by atoms with Gasteiger partial charge in [0, 0.05) is 12.6 Å². The summed E-state index contributed by atoms with van der Waals surface area (Å²) in [5, 5.41) is 5.06. The summed E-state index contributed by atoms with van der Waals surface area (Å²) in [6.45, 7) is 2.11. The summed E-state index contributed by atoms with van der Waals surface area (Å²) in [5.74, 6) is -3.35. The Morgan fingerprint density at radius 1 is 1.23 bits per heavy atom. The van der Waals surface area contributed by atoms with Crippen LogP contribution in [0.2, 0.25) is 0 Å². The van der Waals surface area contributed by atoms with Crippen molar-refractivity contribution in [2.24, 2.45) is 0 Å². The van der Waals surface area contributed by atoms with Gasteiger partial charge in [-0.05, 0) is 50.1 Å². The first-order valence-corrected chi connectivity index (χ1v) is 9.52. The molecule has 1 fully saturated rings. The lowest BCUT2D eigenvalue weighted by molar-refractivity contribution is -0.123. The number of ether oxygens (including phenoxy) is 1. The minimum atomic E-state index is -1.23. The minimum absolute atomic E-state index is 0.111. The van der Waals surface area contributed by atoms with Crippen molar-refractivity contribution in [3.8, 4) is 0 Å². The van der Waals surface area contributed by atoms with E-state index in [4.69, 9.17) is 4.74 Å². The van der Waals surface area contributed by atoms with E-state index in [0.717, 1.165) is 37.2 Å². The van der Waals surface area contributed by atoms with Crippen molar-refractivity contribution in [3.63, 3.8) is 0 Å². The van der Waals surface area contributed by atoms with Crippen molar-refractivity contribution in [1.82, 2.24) is 0 Å². The number of halogens is 2. The van der Waals surface area contributed by atoms with Gasteiger partial charge in [-0.1, -0.05) is 0 Å². The number of nitrogens with one attached hydrogen (secondary N) is 2. The molecule has 2 aromatic carbocycles. The highest BCUT2D eigenvalue weighted by Gasteiger charge is 2.36. The molecule has 0 aliphatic carbocycles. The van der Waals surface area contributed by atoms with Crippen LogP contribution in [0.3, 0.4) is 0 Å². The van der Waals surface area contributed by atoms with Crippen molar-refractivity contribution in [3.05, 3.63) is 53.6 Å². The number of hydrogen-bond donors (Lipinski definition) is 2. The van der Waals surface area contributed by atoms with Crippen molar-refractivity contribution in [2.75, 3.05) is 22.1 Å². The molecule has 0 saturated carbocycles. The Balaban J connectivity index is 1.44. The van der Waals surface area contributed by atoms with Crippen LogP contribution in [-0.2, 0) is 14.3 Å². The van der Waals surface area contributed by atoms with Crippen LogP contribution in [0.5, 0.6) is 0 Å². The smallest absolute Gasteiger partial charge is 0.338 e. The second kappa shape index (κ2) is 7.74. The van der Waals surface area contributed by atoms with E-state index in [-0.39, 0.29) is 23.2 Å². The molecule has 0 unspecified atom stereocenters. The average molecular weight is 415 g/mol. The molecule has 2 aliphatic heterocycles. The maximum atomic E-state index is 13.7. The highest BCUT2D eigenvalue weighted by Crippen LogP contribution is 2.37. The van der Waals surface area contributed by atoms with Crippen LogP contribution in [-0.4, -0.2) is 36.5 Å². The second-order valence-corrected chi connectivity index (χ2v) is 7.23. The van der Waals surface area contributed by atoms with Gasteiger partial charge in [0.25, 0.3) is 5.91 Å². The third-order valence-corrected chi connectivity index (χ3v) is 5.20. The number of benzene rings is 2. The summed E-state index contributed by atoms with van der Waals surface area (Å²) in [6, 6.07) is 7.34. The molecule has 4 rings (SSSR count). The average Bonchev–Trinajstić information content (AvgIpc) is 3.20. The zero-order valence-electron chi connectivity index (χ0n) is 16.1. The lowest BCUT2D eigenvalue weighted by atomic mass is 10.1. The number of rotatable bonds is 4. The molecule has 0 spiro atoms. The zero-order chi connectivity index (χ0) is 21.4. The molecule has 30 heavy (non-hydrogen) atoms. The Morgan fingerprint density at radius 2 is 2.03 bits per heavy atom. The van der Waals surface area contributed by atoms with E-state index in [1.54, 1.807) is 12.1 Å². The molecular weight excluding hydrogens is 396 g/mol. The quantitative estimate of drug-likeness (QED) is 0.750. The number of carbonyl (C=O) groups is 3. The number of anilines is 3. The number of nitrogens with zero attached hydrogens (tertiary/aromatic N) is 1. The Bertz CT molecular complexity index is 1040. The van der Waals surface area contributed by atoms with Crippen LogP contribution in [0.1, 0.15) is 30.1 Å². The van der Waals surface area contributed by atoms with E-state index >= 15 is 0 Å². The van der Waals surface area contributed by atoms with Gasteiger partial charge in [0.15, 0.2) is 6.10 Å². The maximum absolute atomic E-state index is 13.7. The fourth-order valence-electron chi connectivity index (χ4n) is 3.66. The lowest BCUT2D eigenvalue weighted by Gasteiger charge is -2.33. The third-order valence-electron chi connectivity index (χ3n) is 5.20. The van der Waals surface area contributed by atoms with E-state index in [9.17, 15) is 23.2 Å². The monoisotopic (exact) mass is 415 g/mol. The van der Waals surface area contributed by atoms with Crippen LogP contribution in [0, 0.1) is 11.6 Å². The predicted octanol–water partition coefficient (Wildman–Crippen LogP) is 3.07. The van der Waals surface area contributed by atoms with Crippen LogP contribution < -0.4 is 15.5 Å². The summed E-state index contributed by atoms with van der Waals surface area (Å²) in [7, 11) is 0. The summed E-state index contributed by atoms with van der Waals surface area (Å²) in [6.07, 6.45) is 0.481. The number of amides is 2. The lowest BCUT2D eigenvalue weighted by Crippen LogP contribution is -2.43. The third kappa shape index (κ3) is 3.70. The van der Waals surface area contributed by atoms with Crippen LogP contribution >= 0.6 is 0 Å². The Kier molecular flexibility index (Phi) is 5.11. The summed E-state index contributed by atoms with van der Waals surface area (Å²) >= 11 is 0. The second-order valence-electron chi connectivity index (χ2n) is 7.23. The fourth-order valence-corrected chi connectivity index (χ4v) is 3.66. The van der Waals surface area contributed by atoms with E-state index in [0.29, 0.717) is 11.8 Å². The normalized spacial score (nSPS) is 18.2. The molecule has 0 radical (unpaired) electrons. The van der Waals surface area contributed by atoms with Gasteiger partial charge < -0.3 is 20.3 Å². The number of hydrogen-bond acceptors (Lipinski definition) is 5. The highest BCUT2D eigenvalue weighted by molar-refractivity contribution is 6.05. The first-order valence-electron chi connectivity index (χ1n) is 9.52. The van der Waals surface area contributed by atoms with Crippen molar-refractivity contribution in [2.45, 2.75) is 31.9 Å². The molecule has 2 aliphatic rings. The Labute approximate surface area is 171 Å². The Morgan fingerprint density at radius 3 is 2.80 bits per heavy atom. The maximum Gasteiger partial charge on any atom is 0.338 e. The molecule has 2 heterocycles. The van der Waals surface area contributed by atoms with E-state index in [1.807, 2.05) is 4.90 Å². The SMILES string of the molecule is C[C@@H](OC(=O)c1ccc2c(c1)NC(=O)[C@H]1CCCN21)C(=O)Nc1ccc(F)cc1F. The molecule has 0 bridgehead atoms. The number of esters is 1. The molecule has 9 heteroatoms. The van der Waals surface area contributed by atoms with Gasteiger partial charge in [-0.2, -0.15) is 0 Å². The minimum Gasteiger partial charge on any atom is -0.449 e. The first-order chi connectivity index (χ1) is 14.3. The number of fused-ring (bicyclic) bond motifs is 3. The standard InChI is InChI=1S/C21H19F2N3O4/c1-11(19(27)24-15-6-5-13(22)10-14(15)23)30-21(29)12-4-7-17-16(9-12)25-20(28)18-3-2-8-26(17)18/h4-7,9-11,18H,2-3,8H2,1H3,(H,24,27)(H,25,28)/t11-,18-/m1/s1. The van der Waals surface area contributed by atoms with Gasteiger partial charge in [-0.15, -0.1) is 0 Å². The van der Waals surface area contributed by atoms with E-state index in [1.165, 1.54) is 13.0 Å². The topological polar surface area (TPSA) is 87.7 Å². The van der Waals surface area contributed by atoms with Gasteiger partial charge in [-0.25, -0.2) is 13.6 Å².